The molecule has 0 saturated heterocycles. The van der Waals surface area contributed by atoms with Crippen molar-refractivity contribution >= 4 is 27.8 Å². The van der Waals surface area contributed by atoms with E-state index >= 15 is 0 Å². The number of aliphatic imine (C=N–C) groups is 1. The summed E-state index contributed by atoms with van der Waals surface area (Å²) in [5.41, 5.74) is 0.896. The molecule has 1 aromatic rings. The first kappa shape index (κ1) is 21.5. The maximum Gasteiger partial charge on any atom is 0.240 e. The molecule has 0 aliphatic carbocycles. The fourth-order valence-corrected chi connectivity index (χ4v) is 3.36. The Bertz CT molecular complexity index is 620. The van der Waals surface area contributed by atoms with Gasteiger partial charge in [-0.15, -0.1) is 0 Å². The van der Waals surface area contributed by atoms with E-state index in [4.69, 9.17) is 0 Å². The molecule has 0 radical (unpaired) electrons. The van der Waals surface area contributed by atoms with Crippen LogP contribution in [-0.2, 0) is 10.2 Å². The number of hydrogen-bond acceptors (Lipinski definition) is 2. The number of amides is 1. The van der Waals surface area contributed by atoms with Crippen molar-refractivity contribution in [1.82, 2.24) is 15.5 Å². The molecular weight excluding hydrogens is 380 g/mol. The van der Waals surface area contributed by atoms with Crippen LogP contribution in [0.5, 0.6) is 0 Å². The summed E-state index contributed by atoms with van der Waals surface area (Å²) in [5.74, 6) is 0.673. The highest BCUT2D eigenvalue weighted by atomic mass is 79.9. The van der Waals surface area contributed by atoms with Crippen LogP contribution in [0.3, 0.4) is 0 Å². The number of benzene rings is 1. The zero-order valence-electron chi connectivity index (χ0n) is 16.4. The lowest BCUT2D eigenvalue weighted by atomic mass is 9.84. The van der Waals surface area contributed by atoms with Gasteiger partial charge in [0, 0.05) is 36.1 Å². The second-order valence-electron chi connectivity index (χ2n) is 7.92. The van der Waals surface area contributed by atoms with Crippen LogP contribution >= 0.6 is 15.9 Å². The molecule has 0 spiro atoms. The van der Waals surface area contributed by atoms with Crippen LogP contribution in [0, 0.1) is 0 Å². The minimum atomic E-state index is -0.240. The van der Waals surface area contributed by atoms with Crippen LogP contribution in [0.25, 0.3) is 0 Å². The second kappa shape index (κ2) is 8.70. The van der Waals surface area contributed by atoms with Gasteiger partial charge in [0.2, 0.25) is 5.91 Å². The molecule has 0 bridgehead atoms. The predicted octanol–water partition coefficient (Wildman–Crippen LogP) is 3.15. The Morgan fingerprint density at radius 3 is 2.32 bits per heavy atom. The van der Waals surface area contributed by atoms with E-state index in [2.05, 4.69) is 57.5 Å². The molecule has 0 unspecified atom stereocenters. The summed E-state index contributed by atoms with van der Waals surface area (Å²) in [6.45, 7) is 11.2. The third-order valence-electron chi connectivity index (χ3n) is 3.76. The van der Waals surface area contributed by atoms with E-state index in [1.54, 1.807) is 7.05 Å². The predicted molar refractivity (Wildman–Crippen MR) is 109 cm³/mol. The third-order valence-corrected chi connectivity index (χ3v) is 4.45. The lowest BCUT2D eigenvalue weighted by Gasteiger charge is -2.30. The molecule has 1 aromatic carbocycles. The van der Waals surface area contributed by atoms with Gasteiger partial charge in [0.25, 0.3) is 0 Å². The normalized spacial score (nSPS) is 12.7. The number of halogens is 1. The molecule has 0 heterocycles. The van der Waals surface area contributed by atoms with Crippen molar-refractivity contribution < 1.29 is 4.79 Å². The Labute approximate surface area is 160 Å². The van der Waals surface area contributed by atoms with Crippen LogP contribution in [0.4, 0.5) is 0 Å². The van der Waals surface area contributed by atoms with E-state index in [-0.39, 0.29) is 23.4 Å². The highest BCUT2D eigenvalue weighted by Crippen LogP contribution is 2.29. The molecule has 5 nitrogen and oxygen atoms in total. The van der Waals surface area contributed by atoms with Crippen LogP contribution in [0.2, 0.25) is 0 Å². The van der Waals surface area contributed by atoms with Gasteiger partial charge >= 0.3 is 0 Å². The average Bonchev–Trinajstić information content (AvgIpc) is 2.45. The Balaban J connectivity index is 2.70. The molecule has 2 N–H and O–H groups in total. The zero-order chi connectivity index (χ0) is 19.3. The summed E-state index contributed by atoms with van der Waals surface area (Å²) in [4.78, 5) is 18.2. The quantitative estimate of drug-likeness (QED) is 0.578. The lowest BCUT2D eigenvalue weighted by molar-refractivity contribution is -0.122. The summed E-state index contributed by atoms with van der Waals surface area (Å²) in [6, 6.07) is 8.22. The number of rotatable bonds is 5. The number of nitrogens with zero attached hydrogens (tertiary/aromatic N) is 2. The molecule has 25 heavy (non-hydrogen) atoms. The molecule has 0 aliphatic heterocycles. The molecule has 0 saturated carbocycles. The Kier molecular flexibility index (Phi) is 7.47. The number of carbonyl (C=O) groups excluding carboxylic acids is 1. The molecule has 0 fully saturated rings. The van der Waals surface area contributed by atoms with Gasteiger partial charge in [-0.2, -0.15) is 0 Å². The fourth-order valence-electron chi connectivity index (χ4n) is 2.54. The first-order valence-electron chi connectivity index (χ1n) is 8.44. The lowest BCUT2D eigenvalue weighted by Crippen LogP contribution is -2.50. The summed E-state index contributed by atoms with van der Waals surface area (Å²) >= 11 is 3.62. The molecule has 140 valence electrons. The van der Waals surface area contributed by atoms with Gasteiger partial charge in [0.15, 0.2) is 5.96 Å². The van der Waals surface area contributed by atoms with E-state index in [0.717, 1.165) is 4.47 Å². The topological polar surface area (TPSA) is 56.7 Å². The van der Waals surface area contributed by atoms with Crippen LogP contribution in [-0.4, -0.2) is 49.5 Å². The van der Waals surface area contributed by atoms with Gasteiger partial charge in [0.05, 0.1) is 6.54 Å². The SMILES string of the molecule is CN=C(NCC(C)(C)c1ccccc1Br)N(C)CC(=O)NC(C)(C)C. The molecule has 1 rings (SSSR count). The van der Waals surface area contributed by atoms with Crippen LogP contribution < -0.4 is 10.6 Å². The van der Waals surface area contributed by atoms with Crippen molar-refractivity contribution in [2.75, 3.05) is 27.2 Å². The van der Waals surface area contributed by atoms with E-state index in [9.17, 15) is 4.79 Å². The van der Waals surface area contributed by atoms with E-state index in [0.29, 0.717) is 12.5 Å². The van der Waals surface area contributed by atoms with Gasteiger partial charge in [-0.1, -0.05) is 48.0 Å². The highest BCUT2D eigenvalue weighted by molar-refractivity contribution is 9.10. The van der Waals surface area contributed by atoms with Crippen molar-refractivity contribution in [3.8, 4) is 0 Å². The number of hydrogen-bond donors (Lipinski definition) is 2. The Morgan fingerprint density at radius 2 is 1.80 bits per heavy atom. The number of nitrogens with one attached hydrogen (secondary N) is 2. The molecule has 6 heteroatoms. The van der Waals surface area contributed by atoms with Crippen LogP contribution in [0.15, 0.2) is 33.7 Å². The first-order valence-corrected chi connectivity index (χ1v) is 9.23. The smallest absolute Gasteiger partial charge is 0.240 e. The summed E-state index contributed by atoms with van der Waals surface area (Å²) in [7, 11) is 3.59. The maximum atomic E-state index is 12.1. The third kappa shape index (κ3) is 7.06. The van der Waals surface area contributed by atoms with Gasteiger partial charge in [-0.25, -0.2) is 0 Å². The van der Waals surface area contributed by atoms with Gasteiger partial charge in [-0.3, -0.25) is 9.79 Å². The standard InChI is InChI=1S/C19H31BrN4O/c1-18(2,3)23-16(25)12-24(7)17(21-6)22-13-19(4,5)14-10-8-9-11-15(14)20/h8-11H,12-13H2,1-7H3,(H,21,22)(H,23,25). The summed E-state index contributed by atoms with van der Waals surface area (Å²) in [6.07, 6.45) is 0. The fraction of sp³-hybridized carbons (Fsp3) is 0.579. The largest absolute Gasteiger partial charge is 0.355 e. The first-order chi connectivity index (χ1) is 11.5. The summed E-state index contributed by atoms with van der Waals surface area (Å²) < 4.78 is 1.09. The van der Waals surface area contributed by atoms with E-state index in [1.807, 2.05) is 44.9 Å². The zero-order valence-corrected chi connectivity index (χ0v) is 18.0. The number of likely N-dealkylation sites (N-methyl/N-ethyl adjacent to an activating group) is 1. The monoisotopic (exact) mass is 410 g/mol. The molecule has 1 amide bonds. The van der Waals surface area contributed by atoms with E-state index in [1.165, 1.54) is 5.56 Å². The molecule has 0 aliphatic rings. The van der Waals surface area contributed by atoms with Crippen molar-refractivity contribution in [3.63, 3.8) is 0 Å². The van der Waals surface area contributed by atoms with Gasteiger partial charge in [-0.05, 0) is 32.4 Å². The van der Waals surface area contributed by atoms with Gasteiger partial charge < -0.3 is 15.5 Å². The minimum absolute atomic E-state index is 0.0250. The van der Waals surface area contributed by atoms with Crippen molar-refractivity contribution in [2.24, 2.45) is 4.99 Å². The maximum absolute atomic E-state index is 12.1. The second-order valence-corrected chi connectivity index (χ2v) is 8.77. The van der Waals surface area contributed by atoms with Crippen molar-refractivity contribution in [2.45, 2.75) is 45.6 Å². The van der Waals surface area contributed by atoms with Crippen molar-refractivity contribution in [1.29, 1.82) is 0 Å². The van der Waals surface area contributed by atoms with Crippen molar-refractivity contribution in [3.05, 3.63) is 34.3 Å². The molecular formula is C19H31BrN4O. The average molecular weight is 411 g/mol. The minimum Gasteiger partial charge on any atom is -0.355 e. The number of guanidine groups is 1. The van der Waals surface area contributed by atoms with E-state index < -0.39 is 0 Å². The Hall–Kier alpha value is -1.56. The molecule has 0 aromatic heterocycles. The molecule has 0 atom stereocenters. The van der Waals surface area contributed by atoms with Gasteiger partial charge in [0.1, 0.15) is 0 Å². The Morgan fingerprint density at radius 1 is 1.20 bits per heavy atom. The van der Waals surface area contributed by atoms with Crippen LogP contribution in [0.1, 0.15) is 40.2 Å². The summed E-state index contributed by atoms with van der Waals surface area (Å²) in [5, 5.41) is 6.34. The number of carbonyl (C=O) groups is 1. The highest BCUT2D eigenvalue weighted by Gasteiger charge is 2.24.